The quantitative estimate of drug-likeness (QED) is 0.772. The second-order valence-corrected chi connectivity index (χ2v) is 2.96. The number of aromatic nitrogens is 1. The maximum Gasteiger partial charge on any atom is 0.574 e. The van der Waals surface area contributed by atoms with Gasteiger partial charge in [0.15, 0.2) is 5.82 Å². The zero-order valence-electron chi connectivity index (χ0n) is 8.16. The summed E-state index contributed by atoms with van der Waals surface area (Å²) in [4.78, 5) is 2.65. The maximum atomic E-state index is 13.2. The van der Waals surface area contributed by atoms with Gasteiger partial charge in [0.1, 0.15) is 12.2 Å². The fourth-order valence-electron chi connectivity index (χ4n) is 1.09. The summed E-state index contributed by atoms with van der Waals surface area (Å²) in [5.74, 6) is -4.32. The van der Waals surface area contributed by atoms with Crippen molar-refractivity contribution < 1.29 is 39.9 Å². The predicted molar refractivity (Wildman–Crippen MR) is 40.7 cm³/mol. The van der Waals surface area contributed by atoms with Crippen molar-refractivity contribution in [3.05, 3.63) is 23.1 Å². The van der Waals surface area contributed by atoms with Crippen molar-refractivity contribution in [2.24, 2.45) is 0 Å². The molecule has 1 rings (SSSR count). The molecule has 18 heavy (non-hydrogen) atoms. The van der Waals surface area contributed by atoms with Crippen LogP contribution in [0.2, 0.25) is 0 Å². The predicted octanol–water partition coefficient (Wildman–Crippen LogP) is 3.61. The molecule has 0 aliphatic rings. The molecule has 2 nitrogen and oxygen atoms in total. The summed E-state index contributed by atoms with van der Waals surface area (Å²) < 4.78 is 101. The Labute approximate surface area is 94.2 Å². The first-order valence-corrected chi connectivity index (χ1v) is 4.12. The van der Waals surface area contributed by atoms with Gasteiger partial charge in [0.05, 0.1) is 0 Å². The van der Waals surface area contributed by atoms with E-state index in [1.165, 1.54) is 0 Å². The fourth-order valence-corrected chi connectivity index (χ4v) is 1.09. The minimum atomic E-state index is -5.41. The number of nitrogens with zero attached hydrogens (tertiary/aromatic N) is 1. The molecule has 0 aliphatic carbocycles. The topological polar surface area (TPSA) is 22.1 Å². The van der Waals surface area contributed by atoms with Gasteiger partial charge in [0.25, 0.3) is 5.88 Å². The van der Waals surface area contributed by atoms with E-state index in [4.69, 9.17) is 0 Å². The van der Waals surface area contributed by atoms with E-state index in [1.807, 2.05) is 0 Å². The fraction of sp³-hybridized carbons (Fsp3) is 0.375. The summed E-state index contributed by atoms with van der Waals surface area (Å²) in [6, 6.07) is 0. The molecule has 1 aromatic rings. The molecule has 0 N–H and O–H groups in total. The zero-order valence-corrected chi connectivity index (χ0v) is 8.16. The van der Waals surface area contributed by atoms with Gasteiger partial charge < -0.3 is 4.74 Å². The Morgan fingerprint density at radius 2 is 1.67 bits per heavy atom. The molecule has 0 atom stereocenters. The van der Waals surface area contributed by atoms with E-state index in [9.17, 15) is 35.1 Å². The Balaban J connectivity index is 3.35. The van der Waals surface area contributed by atoms with Gasteiger partial charge in [-0.05, 0) is 0 Å². The summed E-state index contributed by atoms with van der Waals surface area (Å²) in [5.41, 5.74) is -3.38. The third kappa shape index (κ3) is 3.20. The minimum absolute atomic E-state index is 0.132. The average molecular weight is 281 g/mol. The summed E-state index contributed by atoms with van der Waals surface area (Å²) in [5, 5.41) is 0. The van der Waals surface area contributed by atoms with Gasteiger partial charge in [-0.3, -0.25) is 0 Å². The van der Waals surface area contributed by atoms with Gasteiger partial charge in [-0.15, -0.1) is 13.2 Å². The van der Waals surface area contributed by atoms with Crippen molar-refractivity contribution in [3.8, 4) is 5.88 Å². The second kappa shape index (κ2) is 4.58. The molecule has 0 radical (unpaired) electrons. The highest BCUT2D eigenvalue weighted by Gasteiger charge is 2.41. The molecule has 0 aromatic carbocycles. The molecule has 0 amide bonds. The lowest BCUT2D eigenvalue weighted by atomic mass is 10.1. The van der Waals surface area contributed by atoms with Gasteiger partial charge in [-0.25, -0.2) is 13.8 Å². The SMILES string of the molecule is FCc1cnc(OC(F)(F)F)c(F)c1C(F)(F)F. The highest BCUT2D eigenvalue weighted by molar-refractivity contribution is 5.33. The van der Waals surface area contributed by atoms with Crippen LogP contribution in [0.25, 0.3) is 0 Å². The van der Waals surface area contributed by atoms with Gasteiger partial charge >= 0.3 is 12.5 Å². The van der Waals surface area contributed by atoms with Crippen LogP contribution in [0.1, 0.15) is 11.1 Å². The Hall–Kier alpha value is -1.61. The van der Waals surface area contributed by atoms with Crippen LogP contribution in [0.3, 0.4) is 0 Å². The lowest BCUT2D eigenvalue weighted by Crippen LogP contribution is -2.21. The zero-order chi connectivity index (χ0) is 14.1. The van der Waals surface area contributed by atoms with Crippen LogP contribution in [0.4, 0.5) is 35.1 Å². The van der Waals surface area contributed by atoms with Crippen molar-refractivity contribution in [1.82, 2.24) is 4.98 Å². The van der Waals surface area contributed by atoms with E-state index in [1.54, 1.807) is 0 Å². The summed E-state index contributed by atoms with van der Waals surface area (Å²) in [6.07, 6.45) is -10.6. The van der Waals surface area contributed by atoms with Gasteiger partial charge in [-0.1, -0.05) is 0 Å². The van der Waals surface area contributed by atoms with E-state index >= 15 is 0 Å². The lowest BCUT2D eigenvalue weighted by molar-refractivity contribution is -0.277. The van der Waals surface area contributed by atoms with E-state index in [2.05, 4.69) is 9.72 Å². The highest BCUT2D eigenvalue weighted by Crippen LogP contribution is 2.37. The smallest absolute Gasteiger partial charge is 0.385 e. The normalized spacial score (nSPS) is 12.7. The molecule has 0 saturated heterocycles. The molecule has 1 heterocycles. The van der Waals surface area contributed by atoms with Crippen LogP contribution in [0.5, 0.6) is 5.88 Å². The third-order valence-corrected chi connectivity index (χ3v) is 1.71. The number of pyridine rings is 1. The monoisotopic (exact) mass is 281 g/mol. The molecule has 0 spiro atoms. The van der Waals surface area contributed by atoms with Gasteiger partial charge in [0.2, 0.25) is 0 Å². The highest BCUT2D eigenvalue weighted by atomic mass is 19.4. The Kier molecular flexibility index (Phi) is 3.67. The Morgan fingerprint density at radius 3 is 2.06 bits per heavy atom. The van der Waals surface area contributed by atoms with Crippen molar-refractivity contribution >= 4 is 0 Å². The van der Waals surface area contributed by atoms with Crippen LogP contribution in [0, 0.1) is 5.82 Å². The molecular weight excluding hydrogens is 278 g/mol. The first-order chi connectivity index (χ1) is 8.06. The van der Waals surface area contributed by atoms with Crippen molar-refractivity contribution in [3.63, 3.8) is 0 Å². The largest absolute Gasteiger partial charge is 0.574 e. The first kappa shape index (κ1) is 14.5. The van der Waals surface area contributed by atoms with Crippen molar-refractivity contribution in [1.29, 1.82) is 0 Å². The van der Waals surface area contributed by atoms with E-state index in [0.29, 0.717) is 0 Å². The third-order valence-electron chi connectivity index (χ3n) is 1.71. The average Bonchev–Trinajstić information content (AvgIpc) is 2.16. The minimum Gasteiger partial charge on any atom is -0.385 e. The number of halogens is 8. The molecule has 0 aliphatic heterocycles. The molecule has 1 aromatic heterocycles. The van der Waals surface area contributed by atoms with Gasteiger partial charge in [-0.2, -0.15) is 13.2 Å². The summed E-state index contributed by atoms with van der Waals surface area (Å²) in [6.45, 7) is -1.73. The molecule has 0 saturated carbocycles. The standard InChI is InChI=1S/C8H3F8NO/c9-1-3-2-17-6(18-8(14,15)16)5(10)4(3)7(11,12)13/h2H,1H2. The number of alkyl halides is 7. The van der Waals surface area contributed by atoms with E-state index in [0.717, 1.165) is 0 Å². The number of hydrogen-bond donors (Lipinski definition) is 0. The molecule has 102 valence electrons. The number of ether oxygens (including phenoxy) is 1. The summed E-state index contributed by atoms with van der Waals surface area (Å²) >= 11 is 0. The van der Waals surface area contributed by atoms with Crippen LogP contribution >= 0.6 is 0 Å². The molecule has 0 fully saturated rings. The van der Waals surface area contributed by atoms with E-state index < -0.39 is 42.0 Å². The Bertz CT molecular complexity index is 438. The van der Waals surface area contributed by atoms with Crippen LogP contribution < -0.4 is 4.74 Å². The van der Waals surface area contributed by atoms with Gasteiger partial charge in [0, 0.05) is 11.8 Å². The van der Waals surface area contributed by atoms with Crippen LogP contribution in [-0.4, -0.2) is 11.3 Å². The number of rotatable bonds is 2. The Morgan fingerprint density at radius 1 is 1.11 bits per heavy atom. The first-order valence-electron chi connectivity index (χ1n) is 4.12. The molecule has 0 unspecified atom stereocenters. The van der Waals surface area contributed by atoms with Crippen molar-refractivity contribution in [2.75, 3.05) is 0 Å². The van der Waals surface area contributed by atoms with Crippen LogP contribution in [-0.2, 0) is 12.9 Å². The summed E-state index contributed by atoms with van der Waals surface area (Å²) in [7, 11) is 0. The molecule has 0 bridgehead atoms. The lowest BCUT2D eigenvalue weighted by Gasteiger charge is -2.15. The number of hydrogen-bond acceptors (Lipinski definition) is 2. The maximum absolute atomic E-state index is 13.2. The van der Waals surface area contributed by atoms with Crippen LogP contribution in [0.15, 0.2) is 6.20 Å². The molecular formula is C8H3F8NO. The second-order valence-electron chi connectivity index (χ2n) is 2.96. The van der Waals surface area contributed by atoms with Crippen molar-refractivity contribution in [2.45, 2.75) is 19.2 Å². The molecule has 10 heteroatoms. The van der Waals surface area contributed by atoms with E-state index in [-0.39, 0.29) is 6.20 Å².